The van der Waals surface area contributed by atoms with E-state index in [4.69, 9.17) is 4.98 Å². The highest BCUT2D eigenvalue weighted by molar-refractivity contribution is 7.09. The number of benzene rings is 1. The first-order chi connectivity index (χ1) is 8.67. The number of thiazole rings is 1. The minimum absolute atomic E-state index is 0.485. The van der Waals surface area contributed by atoms with Crippen LogP contribution in [0.2, 0.25) is 0 Å². The molecule has 18 heavy (non-hydrogen) atoms. The first-order valence-corrected chi connectivity index (χ1v) is 7.21. The van der Waals surface area contributed by atoms with Gasteiger partial charge in [-0.2, -0.15) is 0 Å². The number of hydrogen-bond donors (Lipinski definition) is 1. The van der Waals surface area contributed by atoms with Crippen LogP contribution in [0.3, 0.4) is 0 Å². The predicted octanol–water partition coefficient (Wildman–Crippen LogP) is 3.19. The highest BCUT2D eigenvalue weighted by atomic mass is 32.1. The van der Waals surface area contributed by atoms with Crippen LogP contribution in [0.4, 0.5) is 0 Å². The maximum absolute atomic E-state index is 4.69. The van der Waals surface area contributed by atoms with E-state index in [1.165, 1.54) is 21.8 Å². The highest BCUT2D eigenvalue weighted by Gasteiger charge is 2.06. The molecule has 2 aromatic rings. The lowest BCUT2D eigenvalue weighted by atomic mass is 10.1. The summed E-state index contributed by atoms with van der Waals surface area (Å²) in [6.45, 7) is 4.30. The Kier molecular flexibility index (Phi) is 4.50. The van der Waals surface area contributed by atoms with E-state index in [9.17, 15) is 0 Å². The molecule has 0 amide bonds. The summed E-state index contributed by atoms with van der Waals surface area (Å²) in [6, 6.07) is 9.18. The Morgan fingerprint density at radius 2 is 2.00 bits per heavy atom. The highest BCUT2D eigenvalue weighted by Crippen LogP contribution is 2.16. The maximum atomic E-state index is 4.69. The van der Waals surface area contributed by atoms with Gasteiger partial charge in [0.05, 0.1) is 10.7 Å². The molecule has 1 N–H and O–H groups in total. The first kappa shape index (κ1) is 13.2. The molecule has 1 heterocycles. The first-order valence-electron chi connectivity index (χ1n) is 6.33. The van der Waals surface area contributed by atoms with E-state index in [0.717, 1.165) is 12.8 Å². The van der Waals surface area contributed by atoms with Crippen LogP contribution in [-0.4, -0.2) is 18.1 Å². The monoisotopic (exact) mass is 260 g/mol. The molecule has 0 radical (unpaired) electrons. The van der Waals surface area contributed by atoms with Crippen LogP contribution < -0.4 is 5.32 Å². The zero-order chi connectivity index (χ0) is 13.0. The minimum Gasteiger partial charge on any atom is -0.317 e. The molecular weight excluding hydrogens is 240 g/mol. The summed E-state index contributed by atoms with van der Waals surface area (Å²) >= 11 is 1.76. The van der Waals surface area contributed by atoms with Crippen molar-refractivity contribution in [2.45, 2.75) is 32.7 Å². The molecule has 1 aromatic carbocycles. The zero-order valence-corrected chi connectivity index (χ0v) is 12.1. The van der Waals surface area contributed by atoms with E-state index >= 15 is 0 Å². The summed E-state index contributed by atoms with van der Waals surface area (Å²) < 4.78 is 0. The molecule has 0 saturated carbocycles. The average Bonchev–Trinajstić information content (AvgIpc) is 2.79. The Labute approximate surface area is 113 Å². The molecule has 3 heteroatoms. The van der Waals surface area contributed by atoms with Crippen LogP contribution in [-0.2, 0) is 12.8 Å². The third kappa shape index (κ3) is 3.65. The molecule has 96 valence electrons. The standard InChI is InChI=1S/C15H20N2S/c1-11-4-6-13(7-5-11)9-15-17-14(10-18-15)8-12(2)16-3/h4-7,10,12,16H,8-9H2,1-3H3. The fourth-order valence-electron chi connectivity index (χ4n) is 1.82. The Hall–Kier alpha value is -1.19. The largest absolute Gasteiger partial charge is 0.317 e. The van der Waals surface area contributed by atoms with Gasteiger partial charge in [-0.3, -0.25) is 0 Å². The van der Waals surface area contributed by atoms with Gasteiger partial charge in [0.25, 0.3) is 0 Å². The van der Waals surface area contributed by atoms with Gasteiger partial charge >= 0.3 is 0 Å². The normalized spacial score (nSPS) is 12.6. The minimum atomic E-state index is 0.485. The second kappa shape index (κ2) is 6.12. The average molecular weight is 260 g/mol. The van der Waals surface area contributed by atoms with Gasteiger partial charge in [0.1, 0.15) is 0 Å². The van der Waals surface area contributed by atoms with E-state index < -0.39 is 0 Å². The molecule has 1 unspecified atom stereocenters. The molecule has 2 rings (SSSR count). The van der Waals surface area contributed by atoms with Crippen molar-refractivity contribution in [1.82, 2.24) is 10.3 Å². The van der Waals surface area contributed by atoms with Crippen LogP contribution in [0.1, 0.15) is 28.8 Å². The summed E-state index contributed by atoms with van der Waals surface area (Å²) in [5, 5.41) is 6.63. The van der Waals surface area contributed by atoms with Crippen LogP contribution in [0.25, 0.3) is 0 Å². The number of hydrogen-bond acceptors (Lipinski definition) is 3. The predicted molar refractivity (Wildman–Crippen MR) is 78.3 cm³/mol. The van der Waals surface area contributed by atoms with Crippen molar-refractivity contribution in [3.63, 3.8) is 0 Å². The third-order valence-electron chi connectivity index (χ3n) is 3.08. The van der Waals surface area contributed by atoms with Gasteiger partial charge < -0.3 is 5.32 Å². The molecule has 0 aliphatic carbocycles. The molecule has 0 aliphatic heterocycles. The topological polar surface area (TPSA) is 24.9 Å². The van der Waals surface area contributed by atoms with Crippen molar-refractivity contribution in [2.75, 3.05) is 7.05 Å². The molecule has 2 nitrogen and oxygen atoms in total. The van der Waals surface area contributed by atoms with Gasteiger partial charge in [-0.1, -0.05) is 29.8 Å². The van der Waals surface area contributed by atoms with Crippen LogP contribution in [0, 0.1) is 6.92 Å². The van der Waals surface area contributed by atoms with Crippen molar-refractivity contribution in [3.8, 4) is 0 Å². The second-order valence-corrected chi connectivity index (χ2v) is 5.73. The lowest BCUT2D eigenvalue weighted by molar-refractivity contribution is 0.601. The summed E-state index contributed by atoms with van der Waals surface area (Å²) in [7, 11) is 1.99. The summed E-state index contributed by atoms with van der Waals surface area (Å²) in [6.07, 6.45) is 1.94. The van der Waals surface area contributed by atoms with E-state index in [1.54, 1.807) is 11.3 Å². The molecule has 0 bridgehead atoms. The van der Waals surface area contributed by atoms with Gasteiger partial charge in [0, 0.05) is 24.3 Å². The number of rotatable bonds is 5. The van der Waals surface area contributed by atoms with Gasteiger partial charge in [0.2, 0.25) is 0 Å². The fraction of sp³-hybridized carbons (Fsp3) is 0.400. The van der Waals surface area contributed by atoms with E-state index in [2.05, 4.69) is 48.8 Å². The van der Waals surface area contributed by atoms with Gasteiger partial charge in [-0.25, -0.2) is 4.98 Å². The van der Waals surface area contributed by atoms with E-state index in [0.29, 0.717) is 6.04 Å². The van der Waals surface area contributed by atoms with E-state index in [-0.39, 0.29) is 0 Å². The Bertz CT molecular complexity index is 487. The second-order valence-electron chi connectivity index (χ2n) is 4.79. The van der Waals surface area contributed by atoms with Crippen molar-refractivity contribution in [1.29, 1.82) is 0 Å². The number of aryl methyl sites for hydroxylation is 1. The fourth-order valence-corrected chi connectivity index (χ4v) is 2.66. The van der Waals surface area contributed by atoms with Crippen LogP contribution >= 0.6 is 11.3 Å². The summed E-state index contributed by atoms with van der Waals surface area (Å²) in [5.74, 6) is 0. The molecule has 0 aliphatic rings. The third-order valence-corrected chi connectivity index (χ3v) is 3.98. The number of likely N-dealkylation sites (N-methyl/N-ethyl adjacent to an activating group) is 1. The SMILES string of the molecule is CNC(C)Cc1csc(Cc2ccc(C)cc2)n1. The van der Waals surface area contributed by atoms with Crippen LogP contribution in [0.5, 0.6) is 0 Å². The van der Waals surface area contributed by atoms with Crippen molar-refractivity contribution < 1.29 is 0 Å². The molecule has 1 atom stereocenters. The number of aromatic nitrogens is 1. The summed E-state index contributed by atoms with van der Waals surface area (Å²) in [4.78, 5) is 4.69. The summed E-state index contributed by atoms with van der Waals surface area (Å²) in [5.41, 5.74) is 3.84. The van der Waals surface area contributed by atoms with Crippen LogP contribution in [0.15, 0.2) is 29.6 Å². The molecular formula is C15H20N2S. The van der Waals surface area contributed by atoms with Gasteiger partial charge in [0.15, 0.2) is 0 Å². The lowest BCUT2D eigenvalue weighted by Crippen LogP contribution is -2.23. The quantitative estimate of drug-likeness (QED) is 0.893. The molecule has 1 aromatic heterocycles. The van der Waals surface area contributed by atoms with Crippen molar-refractivity contribution in [2.24, 2.45) is 0 Å². The van der Waals surface area contributed by atoms with Crippen molar-refractivity contribution in [3.05, 3.63) is 51.5 Å². The molecule has 0 fully saturated rings. The molecule has 0 saturated heterocycles. The van der Waals surface area contributed by atoms with Gasteiger partial charge in [-0.15, -0.1) is 11.3 Å². The molecule has 0 spiro atoms. The van der Waals surface area contributed by atoms with Crippen molar-refractivity contribution >= 4 is 11.3 Å². The lowest BCUT2D eigenvalue weighted by Gasteiger charge is -2.06. The zero-order valence-electron chi connectivity index (χ0n) is 11.2. The Morgan fingerprint density at radius 3 is 2.67 bits per heavy atom. The number of nitrogens with one attached hydrogen (secondary N) is 1. The maximum Gasteiger partial charge on any atom is 0.0972 e. The van der Waals surface area contributed by atoms with E-state index in [1.807, 2.05) is 7.05 Å². The Balaban J connectivity index is 2.00. The Morgan fingerprint density at radius 1 is 1.28 bits per heavy atom. The smallest absolute Gasteiger partial charge is 0.0972 e. The van der Waals surface area contributed by atoms with Gasteiger partial charge in [-0.05, 0) is 26.5 Å². The number of nitrogens with zero attached hydrogens (tertiary/aromatic N) is 1.